The molecule has 0 heterocycles. The Balaban J connectivity index is 2.65. The van der Waals surface area contributed by atoms with Gasteiger partial charge in [-0.05, 0) is 24.6 Å². The van der Waals surface area contributed by atoms with E-state index in [0.29, 0.717) is 0 Å². The normalized spacial score (nSPS) is 12.2. The van der Waals surface area contributed by atoms with Crippen molar-refractivity contribution < 1.29 is 9.90 Å². The first-order valence-electron chi connectivity index (χ1n) is 4.29. The van der Waals surface area contributed by atoms with Crippen molar-refractivity contribution in [2.75, 3.05) is 6.61 Å². The summed E-state index contributed by atoms with van der Waals surface area (Å²) in [7, 11) is 0. The molecule has 1 amide bonds. The summed E-state index contributed by atoms with van der Waals surface area (Å²) in [4.78, 5) is 10.9. The number of hydrogen-bond acceptors (Lipinski definition) is 2. The summed E-state index contributed by atoms with van der Waals surface area (Å²) in [5.41, 5.74) is 1.01. The van der Waals surface area contributed by atoms with E-state index in [9.17, 15) is 4.79 Å². The highest BCUT2D eigenvalue weighted by atomic mass is 79.9. The lowest BCUT2D eigenvalue weighted by Crippen LogP contribution is -2.28. The zero-order valence-electron chi connectivity index (χ0n) is 7.83. The van der Waals surface area contributed by atoms with E-state index in [1.54, 1.807) is 0 Å². The van der Waals surface area contributed by atoms with Crippen molar-refractivity contribution in [2.24, 2.45) is 0 Å². The zero-order valence-corrected chi connectivity index (χ0v) is 9.41. The molecule has 0 spiro atoms. The molecule has 1 aromatic carbocycles. The van der Waals surface area contributed by atoms with Crippen LogP contribution in [-0.4, -0.2) is 17.6 Å². The van der Waals surface area contributed by atoms with Crippen LogP contribution in [0, 0.1) is 0 Å². The van der Waals surface area contributed by atoms with Gasteiger partial charge >= 0.3 is 0 Å². The number of hydrogen-bond donors (Lipinski definition) is 2. The van der Waals surface area contributed by atoms with E-state index < -0.39 is 6.61 Å². The molecule has 0 saturated carbocycles. The monoisotopic (exact) mass is 257 g/mol. The van der Waals surface area contributed by atoms with Crippen LogP contribution < -0.4 is 5.32 Å². The van der Waals surface area contributed by atoms with Crippen molar-refractivity contribution in [1.29, 1.82) is 0 Å². The molecule has 76 valence electrons. The maximum absolute atomic E-state index is 10.9. The van der Waals surface area contributed by atoms with Crippen LogP contribution in [-0.2, 0) is 4.79 Å². The van der Waals surface area contributed by atoms with Crippen LogP contribution in [0.5, 0.6) is 0 Å². The molecule has 2 N–H and O–H groups in total. The molecule has 1 rings (SSSR count). The standard InChI is InChI=1S/C10H12BrNO2/c1-7(12-10(14)6-13)8-2-4-9(11)5-3-8/h2-5,7,13H,6H2,1H3,(H,12,14). The molecular formula is C10H12BrNO2. The molecule has 0 saturated heterocycles. The van der Waals surface area contributed by atoms with Crippen molar-refractivity contribution in [3.8, 4) is 0 Å². The van der Waals surface area contributed by atoms with Crippen LogP contribution in [0.3, 0.4) is 0 Å². The minimum absolute atomic E-state index is 0.0808. The van der Waals surface area contributed by atoms with Gasteiger partial charge in [0.05, 0.1) is 6.04 Å². The van der Waals surface area contributed by atoms with E-state index in [1.807, 2.05) is 31.2 Å². The molecule has 0 aliphatic heterocycles. The van der Waals surface area contributed by atoms with Crippen molar-refractivity contribution in [3.63, 3.8) is 0 Å². The molecule has 0 aliphatic carbocycles. The number of benzene rings is 1. The van der Waals surface area contributed by atoms with Gasteiger partial charge in [-0.2, -0.15) is 0 Å². The highest BCUT2D eigenvalue weighted by Crippen LogP contribution is 2.16. The van der Waals surface area contributed by atoms with Crippen molar-refractivity contribution in [3.05, 3.63) is 34.3 Å². The van der Waals surface area contributed by atoms with E-state index in [0.717, 1.165) is 10.0 Å². The third-order valence-corrected chi connectivity index (χ3v) is 2.42. The van der Waals surface area contributed by atoms with Crippen LogP contribution in [0.2, 0.25) is 0 Å². The number of rotatable bonds is 3. The second-order valence-corrected chi connectivity index (χ2v) is 3.91. The van der Waals surface area contributed by atoms with Gasteiger partial charge in [0.2, 0.25) is 5.91 Å². The second-order valence-electron chi connectivity index (χ2n) is 3.00. The van der Waals surface area contributed by atoms with Crippen LogP contribution >= 0.6 is 15.9 Å². The molecule has 1 unspecified atom stereocenters. The second kappa shape index (κ2) is 5.12. The maximum atomic E-state index is 10.9. The van der Waals surface area contributed by atoms with E-state index in [-0.39, 0.29) is 11.9 Å². The first-order valence-corrected chi connectivity index (χ1v) is 5.08. The maximum Gasteiger partial charge on any atom is 0.246 e. The van der Waals surface area contributed by atoms with Gasteiger partial charge in [-0.15, -0.1) is 0 Å². The third-order valence-electron chi connectivity index (χ3n) is 1.89. The summed E-state index contributed by atoms with van der Waals surface area (Å²) in [6.45, 7) is 1.40. The number of nitrogens with one attached hydrogen (secondary N) is 1. The van der Waals surface area contributed by atoms with Gasteiger partial charge in [-0.25, -0.2) is 0 Å². The largest absolute Gasteiger partial charge is 0.387 e. The van der Waals surface area contributed by atoms with Crippen molar-refractivity contribution in [2.45, 2.75) is 13.0 Å². The Hall–Kier alpha value is -0.870. The Morgan fingerprint density at radius 2 is 2.07 bits per heavy atom. The minimum Gasteiger partial charge on any atom is -0.387 e. The van der Waals surface area contributed by atoms with E-state index in [4.69, 9.17) is 5.11 Å². The summed E-state index contributed by atoms with van der Waals surface area (Å²) < 4.78 is 1.00. The Labute approximate surface area is 91.3 Å². The molecule has 0 bridgehead atoms. The lowest BCUT2D eigenvalue weighted by Gasteiger charge is -2.13. The van der Waals surface area contributed by atoms with Crippen LogP contribution in [0.4, 0.5) is 0 Å². The molecule has 3 nitrogen and oxygen atoms in total. The van der Waals surface area contributed by atoms with Gasteiger partial charge in [-0.1, -0.05) is 28.1 Å². The molecule has 14 heavy (non-hydrogen) atoms. The Bertz CT molecular complexity index is 310. The molecular weight excluding hydrogens is 246 g/mol. The Morgan fingerprint density at radius 1 is 1.50 bits per heavy atom. The fourth-order valence-electron chi connectivity index (χ4n) is 1.12. The number of halogens is 1. The summed E-state index contributed by atoms with van der Waals surface area (Å²) in [6.07, 6.45) is 0. The molecule has 1 aromatic rings. The van der Waals surface area contributed by atoms with Crippen LogP contribution in [0.15, 0.2) is 28.7 Å². The zero-order chi connectivity index (χ0) is 10.6. The molecule has 1 atom stereocenters. The Kier molecular flexibility index (Phi) is 4.10. The number of aliphatic hydroxyl groups is 1. The fourth-order valence-corrected chi connectivity index (χ4v) is 1.39. The average Bonchev–Trinajstić information content (AvgIpc) is 2.18. The van der Waals surface area contributed by atoms with E-state index in [1.165, 1.54) is 0 Å². The molecule has 0 radical (unpaired) electrons. The third kappa shape index (κ3) is 3.12. The van der Waals surface area contributed by atoms with Gasteiger partial charge in [0.1, 0.15) is 6.61 Å². The fraction of sp³-hybridized carbons (Fsp3) is 0.300. The number of amides is 1. The number of carbonyl (C=O) groups excluding carboxylic acids is 1. The average molecular weight is 258 g/mol. The van der Waals surface area contributed by atoms with E-state index >= 15 is 0 Å². The first-order chi connectivity index (χ1) is 6.63. The minimum atomic E-state index is -0.471. The van der Waals surface area contributed by atoms with Crippen LogP contribution in [0.25, 0.3) is 0 Å². The lowest BCUT2D eigenvalue weighted by molar-refractivity contribution is -0.124. The summed E-state index contributed by atoms with van der Waals surface area (Å²) in [6, 6.07) is 7.59. The molecule has 0 fully saturated rings. The smallest absolute Gasteiger partial charge is 0.246 e. The van der Waals surface area contributed by atoms with Gasteiger partial charge in [0.15, 0.2) is 0 Å². The molecule has 0 aliphatic rings. The van der Waals surface area contributed by atoms with Gasteiger partial charge in [-0.3, -0.25) is 4.79 Å². The SMILES string of the molecule is CC(NC(=O)CO)c1ccc(Br)cc1. The number of carbonyl (C=O) groups is 1. The quantitative estimate of drug-likeness (QED) is 0.865. The van der Waals surface area contributed by atoms with E-state index in [2.05, 4.69) is 21.2 Å². The topological polar surface area (TPSA) is 49.3 Å². The summed E-state index contributed by atoms with van der Waals surface area (Å²) >= 11 is 3.33. The first kappa shape index (κ1) is 11.2. The highest BCUT2D eigenvalue weighted by molar-refractivity contribution is 9.10. The van der Waals surface area contributed by atoms with Gasteiger partial charge in [0.25, 0.3) is 0 Å². The van der Waals surface area contributed by atoms with Gasteiger partial charge < -0.3 is 10.4 Å². The highest BCUT2D eigenvalue weighted by Gasteiger charge is 2.07. The molecule has 4 heteroatoms. The summed E-state index contributed by atoms with van der Waals surface area (Å²) in [5.74, 6) is -0.361. The predicted molar refractivity (Wildman–Crippen MR) is 57.8 cm³/mol. The van der Waals surface area contributed by atoms with Crippen molar-refractivity contribution in [1.82, 2.24) is 5.32 Å². The molecule has 0 aromatic heterocycles. The Morgan fingerprint density at radius 3 is 2.57 bits per heavy atom. The number of aliphatic hydroxyl groups excluding tert-OH is 1. The predicted octanol–water partition coefficient (Wildman–Crippen LogP) is 1.62. The van der Waals surface area contributed by atoms with Crippen LogP contribution in [0.1, 0.15) is 18.5 Å². The van der Waals surface area contributed by atoms with Gasteiger partial charge in [0, 0.05) is 4.47 Å². The summed E-state index contributed by atoms with van der Waals surface area (Å²) in [5, 5.41) is 11.2. The lowest BCUT2D eigenvalue weighted by atomic mass is 10.1. The van der Waals surface area contributed by atoms with Crippen molar-refractivity contribution >= 4 is 21.8 Å².